The van der Waals surface area contributed by atoms with E-state index in [1.165, 1.54) is 0 Å². The van der Waals surface area contributed by atoms with E-state index in [0.717, 1.165) is 30.0 Å². The lowest BCUT2D eigenvalue weighted by molar-refractivity contribution is -0.181. The zero-order valence-electron chi connectivity index (χ0n) is 12.0. The van der Waals surface area contributed by atoms with Gasteiger partial charge in [-0.3, -0.25) is 0 Å². The van der Waals surface area contributed by atoms with Crippen LogP contribution in [0.2, 0.25) is 5.02 Å². The number of nitrogens with zero attached hydrogens (tertiary/aromatic N) is 2. The van der Waals surface area contributed by atoms with Crippen molar-refractivity contribution in [1.29, 1.82) is 0 Å². The largest absolute Gasteiger partial charge is 0.343 e. The average Bonchev–Trinajstić information content (AvgIpc) is 3.11. The maximum atomic E-state index is 6.10. The van der Waals surface area contributed by atoms with Crippen molar-refractivity contribution >= 4 is 11.6 Å². The second-order valence-corrected chi connectivity index (χ2v) is 5.84. The van der Waals surface area contributed by atoms with Gasteiger partial charge in [0.25, 0.3) is 0 Å². The minimum absolute atomic E-state index is 0.105. The molecule has 4 nitrogen and oxygen atoms in total. The third kappa shape index (κ3) is 3.28. The molecule has 0 aliphatic carbocycles. The molecule has 1 saturated heterocycles. The highest BCUT2D eigenvalue weighted by atomic mass is 35.5. The van der Waals surface area contributed by atoms with E-state index in [9.17, 15) is 0 Å². The fourth-order valence-electron chi connectivity index (χ4n) is 2.69. The van der Waals surface area contributed by atoms with E-state index in [1.807, 2.05) is 43.7 Å². The highest BCUT2D eigenvalue weighted by molar-refractivity contribution is 6.30. The zero-order valence-corrected chi connectivity index (χ0v) is 12.8. The third-order valence-corrected chi connectivity index (χ3v) is 3.96. The van der Waals surface area contributed by atoms with E-state index < -0.39 is 5.79 Å². The molecular formula is C16H19ClN2O2. The molecule has 0 saturated carbocycles. The van der Waals surface area contributed by atoms with Crippen molar-refractivity contribution in [1.82, 2.24) is 9.55 Å². The molecule has 112 valence electrons. The summed E-state index contributed by atoms with van der Waals surface area (Å²) < 4.78 is 14.2. The Labute approximate surface area is 129 Å². The Morgan fingerprint density at radius 3 is 2.81 bits per heavy atom. The maximum Gasteiger partial charge on any atom is 0.195 e. The van der Waals surface area contributed by atoms with Gasteiger partial charge in [0, 0.05) is 35.9 Å². The van der Waals surface area contributed by atoms with Crippen LogP contribution in [-0.2, 0) is 21.8 Å². The van der Waals surface area contributed by atoms with Crippen molar-refractivity contribution in [3.05, 3.63) is 53.6 Å². The normalized spacial score (nSPS) is 25.3. The molecule has 0 bridgehead atoms. The first kappa shape index (κ1) is 14.6. The molecule has 5 heteroatoms. The quantitative estimate of drug-likeness (QED) is 0.846. The third-order valence-electron chi connectivity index (χ3n) is 3.71. The van der Waals surface area contributed by atoms with Crippen molar-refractivity contribution in [3.8, 4) is 0 Å². The molecule has 0 N–H and O–H groups in total. The van der Waals surface area contributed by atoms with Gasteiger partial charge in [-0.25, -0.2) is 4.98 Å². The minimum atomic E-state index is -0.648. The predicted octanol–water partition coefficient (Wildman–Crippen LogP) is 3.61. The Hall–Kier alpha value is -1.36. The summed E-state index contributed by atoms with van der Waals surface area (Å²) in [6.07, 6.45) is 7.44. The first-order valence-electron chi connectivity index (χ1n) is 7.21. The van der Waals surface area contributed by atoms with Crippen LogP contribution >= 0.6 is 11.6 Å². The van der Waals surface area contributed by atoms with Gasteiger partial charge in [0.05, 0.1) is 19.0 Å². The second kappa shape index (κ2) is 6.18. The van der Waals surface area contributed by atoms with Crippen LogP contribution in [0.25, 0.3) is 0 Å². The fourth-order valence-corrected chi connectivity index (χ4v) is 2.81. The van der Waals surface area contributed by atoms with Crippen LogP contribution in [0.3, 0.4) is 0 Å². The van der Waals surface area contributed by atoms with E-state index in [1.54, 1.807) is 6.20 Å². The van der Waals surface area contributed by atoms with Crippen LogP contribution in [0.15, 0.2) is 43.0 Å². The monoisotopic (exact) mass is 306 g/mol. The number of rotatable bonds is 5. The molecule has 2 heterocycles. The molecular weight excluding hydrogens is 288 g/mol. The van der Waals surface area contributed by atoms with Crippen molar-refractivity contribution < 1.29 is 9.47 Å². The number of aryl methyl sites for hydroxylation is 1. The van der Waals surface area contributed by atoms with Crippen LogP contribution in [0.4, 0.5) is 0 Å². The molecule has 1 aromatic carbocycles. The molecule has 21 heavy (non-hydrogen) atoms. The molecule has 1 aliphatic rings. The molecule has 3 rings (SSSR count). The van der Waals surface area contributed by atoms with Gasteiger partial charge in [0.2, 0.25) is 0 Å². The van der Waals surface area contributed by atoms with E-state index in [-0.39, 0.29) is 6.10 Å². The Morgan fingerprint density at radius 2 is 2.19 bits per heavy atom. The number of benzene rings is 1. The molecule has 2 atom stereocenters. The average molecular weight is 307 g/mol. The highest BCUT2D eigenvalue weighted by Crippen LogP contribution is 2.38. The van der Waals surface area contributed by atoms with Crippen LogP contribution in [0.5, 0.6) is 0 Å². The second-order valence-electron chi connectivity index (χ2n) is 5.40. The number of imidazole rings is 1. The summed E-state index contributed by atoms with van der Waals surface area (Å²) in [6.45, 7) is 3.55. The summed E-state index contributed by atoms with van der Waals surface area (Å²) in [5.74, 6) is -0.648. The predicted molar refractivity (Wildman–Crippen MR) is 81.1 cm³/mol. The van der Waals surface area contributed by atoms with Crippen molar-refractivity contribution in [3.63, 3.8) is 0 Å². The van der Waals surface area contributed by atoms with Gasteiger partial charge in [0.15, 0.2) is 5.79 Å². The SMILES string of the molecule is CC1COC(CCCn2ccnc2)(c2ccc(Cl)cc2)O1. The Morgan fingerprint density at radius 1 is 1.38 bits per heavy atom. The summed E-state index contributed by atoms with van der Waals surface area (Å²) in [5.41, 5.74) is 1.03. The Bertz CT molecular complexity index is 570. The summed E-state index contributed by atoms with van der Waals surface area (Å²) in [5, 5.41) is 0.721. The number of halogens is 1. The van der Waals surface area contributed by atoms with Crippen molar-refractivity contribution in [2.24, 2.45) is 0 Å². The minimum Gasteiger partial charge on any atom is -0.343 e. The van der Waals surface area contributed by atoms with Crippen LogP contribution in [-0.4, -0.2) is 22.3 Å². The van der Waals surface area contributed by atoms with E-state index >= 15 is 0 Å². The lowest BCUT2D eigenvalue weighted by Gasteiger charge is -2.28. The maximum absolute atomic E-state index is 6.10. The zero-order chi connectivity index (χ0) is 14.7. The van der Waals surface area contributed by atoms with E-state index in [4.69, 9.17) is 21.1 Å². The van der Waals surface area contributed by atoms with Crippen LogP contribution in [0.1, 0.15) is 25.3 Å². The Kier molecular flexibility index (Phi) is 4.29. The molecule has 2 unspecified atom stereocenters. The molecule has 1 fully saturated rings. The molecule has 1 aliphatic heterocycles. The van der Waals surface area contributed by atoms with Gasteiger partial charge in [-0.05, 0) is 25.5 Å². The summed E-state index contributed by atoms with van der Waals surface area (Å²) in [6, 6.07) is 7.73. The first-order chi connectivity index (χ1) is 10.2. The van der Waals surface area contributed by atoms with Gasteiger partial charge in [-0.1, -0.05) is 23.7 Å². The summed E-state index contributed by atoms with van der Waals surface area (Å²) in [7, 11) is 0. The molecule has 0 spiro atoms. The van der Waals surface area contributed by atoms with Gasteiger partial charge in [-0.2, -0.15) is 0 Å². The molecule has 0 radical (unpaired) electrons. The van der Waals surface area contributed by atoms with E-state index in [0.29, 0.717) is 6.61 Å². The Balaban J connectivity index is 1.72. The smallest absolute Gasteiger partial charge is 0.195 e. The highest BCUT2D eigenvalue weighted by Gasteiger charge is 2.41. The van der Waals surface area contributed by atoms with Crippen molar-refractivity contribution in [2.45, 2.75) is 38.2 Å². The van der Waals surface area contributed by atoms with Gasteiger partial charge in [0.1, 0.15) is 0 Å². The number of aromatic nitrogens is 2. The fraction of sp³-hybridized carbons (Fsp3) is 0.438. The summed E-state index contributed by atoms with van der Waals surface area (Å²) in [4.78, 5) is 4.06. The van der Waals surface area contributed by atoms with Crippen LogP contribution in [0, 0.1) is 0 Å². The van der Waals surface area contributed by atoms with Gasteiger partial charge >= 0.3 is 0 Å². The molecule has 1 aromatic heterocycles. The lowest BCUT2D eigenvalue weighted by Crippen LogP contribution is -2.28. The summed E-state index contributed by atoms with van der Waals surface area (Å²) >= 11 is 5.97. The molecule has 2 aromatic rings. The van der Waals surface area contributed by atoms with E-state index in [2.05, 4.69) is 9.55 Å². The standard InChI is InChI=1S/C16H19ClN2O2/c1-13-11-20-16(21-13,14-3-5-15(17)6-4-14)7-2-9-19-10-8-18-12-19/h3-6,8,10,12-13H,2,7,9,11H2,1H3. The number of hydrogen-bond acceptors (Lipinski definition) is 3. The van der Waals surface area contributed by atoms with Gasteiger partial charge in [-0.15, -0.1) is 0 Å². The number of hydrogen-bond donors (Lipinski definition) is 0. The molecule has 0 amide bonds. The lowest BCUT2D eigenvalue weighted by atomic mass is 10.0. The van der Waals surface area contributed by atoms with Crippen LogP contribution < -0.4 is 0 Å². The van der Waals surface area contributed by atoms with Gasteiger partial charge < -0.3 is 14.0 Å². The topological polar surface area (TPSA) is 36.3 Å². The van der Waals surface area contributed by atoms with Crippen molar-refractivity contribution in [2.75, 3.05) is 6.61 Å². The first-order valence-corrected chi connectivity index (χ1v) is 7.59. The number of ether oxygens (including phenoxy) is 2.